The SMILES string of the molecule is C[C@]1(O)c2ccccc2N2[C@H]3Nc4ccccc4[C@@]3(C)O[C@@H]21. The summed E-state index contributed by atoms with van der Waals surface area (Å²) in [7, 11) is 0. The van der Waals surface area contributed by atoms with Crippen LogP contribution in [0.3, 0.4) is 0 Å². The molecule has 0 saturated carbocycles. The van der Waals surface area contributed by atoms with E-state index in [0.29, 0.717) is 0 Å². The van der Waals surface area contributed by atoms with Crippen molar-refractivity contribution in [2.45, 2.75) is 37.4 Å². The lowest BCUT2D eigenvalue weighted by Gasteiger charge is -2.28. The molecule has 1 fully saturated rings. The molecule has 0 radical (unpaired) electrons. The Bertz CT molecular complexity index is 788. The number of benzene rings is 2. The highest BCUT2D eigenvalue weighted by atomic mass is 16.6. The summed E-state index contributed by atoms with van der Waals surface area (Å²) in [5.41, 5.74) is 2.77. The van der Waals surface area contributed by atoms with Crippen LogP contribution in [-0.2, 0) is 15.9 Å². The molecule has 22 heavy (non-hydrogen) atoms. The van der Waals surface area contributed by atoms with E-state index in [-0.39, 0.29) is 12.4 Å². The minimum absolute atomic E-state index is 0.00924. The van der Waals surface area contributed by atoms with Crippen LogP contribution < -0.4 is 10.2 Å². The number of ether oxygens (including phenoxy) is 1. The largest absolute Gasteiger partial charge is 0.381 e. The third-order valence-electron chi connectivity index (χ3n) is 5.37. The van der Waals surface area contributed by atoms with Crippen molar-refractivity contribution < 1.29 is 9.84 Å². The number of hydrogen-bond acceptors (Lipinski definition) is 4. The predicted molar refractivity (Wildman–Crippen MR) is 84.6 cm³/mol. The van der Waals surface area contributed by atoms with Crippen LogP contribution in [0.4, 0.5) is 11.4 Å². The van der Waals surface area contributed by atoms with Crippen molar-refractivity contribution in [2.75, 3.05) is 10.2 Å². The number of aliphatic hydroxyl groups is 1. The fourth-order valence-electron chi connectivity index (χ4n) is 4.27. The van der Waals surface area contributed by atoms with Gasteiger partial charge in [0.15, 0.2) is 6.23 Å². The van der Waals surface area contributed by atoms with Gasteiger partial charge in [0, 0.05) is 22.5 Å². The van der Waals surface area contributed by atoms with Gasteiger partial charge in [0.1, 0.15) is 17.4 Å². The first kappa shape index (κ1) is 12.5. The summed E-state index contributed by atoms with van der Waals surface area (Å²) >= 11 is 0. The average Bonchev–Trinajstić information content (AvgIpc) is 3.04. The molecule has 2 N–H and O–H groups in total. The summed E-state index contributed by atoms with van der Waals surface area (Å²) in [4.78, 5) is 2.19. The number of nitrogens with zero attached hydrogens (tertiary/aromatic N) is 1. The van der Waals surface area contributed by atoms with Crippen molar-refractivity contribution >= 4 is 11.4 Å². The summed E-state index contributed by atoms with van der Waals surface area (Å²) in [5, 5.41) is 14.6. The number of nitrogens with one attached hydrogen (secondary N) is 1. The molecule has 112 valence electrons. The zero-order valence-corrected chi connectivity index (χ0v) is 12.6. The molecule has 5 rings (SSSR count). The fraction of sp³-hybridized carbons (Fsp3) is 0.333. The number of rotatable bonds is 0. The Hall–Kier alpha value is -2.04. The summed E-state index contributed by atoms with van der Waals surface area (Å²) in [6.07, 6.45) is -0.384. The molecule has 2 aromatic rings. The van der Waals surface area contributed by atoms with Crippen molar-refractivity contribution in [3.05, 3.63) is 59.7 Å². The third-order valence-corrected chi connectivity index (χ3v) is 5.37. The first-order chi connectivity index (χ1) is 10.5. The van der Waals surface area contributed by atoms with Crippen molar-refractivity contribution in [2.24, 2.45) is 0 Å². The normalized spacial score (nSPS) is 37.3. The molecule has 4 atom stereocenters. The number of anilines is 2. The van der Waals surface area contributed by atoms with Crippen LogP contribution in [0.15, 0.2) is 48.5 Å². The number of fused-ring (bicyclic) bond motifs is 7. The smallest absolute Gasteiger partial charge is 0.166 e. The highest BCUT2D eigenvalue weighted by Crippen LogP contribution is 2.57. The molecule has 0 unspecified atom stereocenters. The molecule has 0 bridgehead atoms. The Morgan fingerprint density at radius 2 is 1.73 bits per heavy atom. The van der Waals surface area contributed by atoms with Gasteiger partial charge in [-0.15, -0.1) is 0 Å². The van der Waals surface area contributed by atoms with E-state index in [1.165, 1.54) is 0 Å². The Balaban J connectivity index is 1.71. The van der Waals surface area contributed by atoms with Gasteiger partial charge in [0.2, 0.25) is 0 Å². The predicted octanol–water partition coefficient (Wildman–Crippen LogP) is 2.74. The van der Waals surface area contributed by atoms with E-state index in [9.17, 15) is 5.11 Å². The second-order valence-electron chi connectivity index (χ2n) is 6.74. The van der Waals surface area contributed by atoms with Gasteiger partial charge in [-0.05, 0) is 26.0 Å². The van der Waals surface area contributed by atoms with Crippen molar-refractivity contribution in [3.8, 4) is 0 Å². The molecule has 4 heteroatoms. The van der Waals surface area contributed by atoms with Crippen LogP contribution >= 0.6 is 0 Å². The van der Waals surface area contributed by atoms with Crippen LogP contribution in [0.2, 0.25) is 0 Å². The van der Waals surface area contributed by atoms with Gasteiger partial charge in [-0.2, -0.15) is 0 Å². The number of para-hydroxylation sites is 2. The maximum absolute atomic E-state index is 11.0. The second kappa shape index (κ2) is 3.65. The van der Waals surface area contributed by atoms with E-state index < -0.39 is 11.2 Å². The van der Waals surface area contributed by atoms with Gasteiger partial charge in [-0.25, -0.2) is 0 Å². The Morgan fingerprint density at radius 1 is 1.05 bits per heavy atom. The zero-order chi connectivity index (χ0) is 15.1. The number of hydrogen-bond donors (Lipinski definition) is 2. The van der Waals surface area contributed by atoms with E-state index in [1.807, 2.05) is 37.3 Å². The summed E-state index contributed by atoms with van der Waals surface area (Å²) in [5.74, 6) is 0. The van der Waals surface area contributed by atoms with Gasteiger partial charge < -0.3 is 20.1 Å². The first-order valence-corrected chi connectivity index (χ1v) is 7.67. The molecule has 0 spiro atoms. The molecule has 3 aliphatic rings. The molecule has 2 aromatic carbocycles. The minimum Gasteiger partial charge on any atom is -0.381 e. The van der Waals surface area contributed by atoms with Crippen LogP contribution in [0.25, 0.3) is 0 Å². The second-order valence-corrected chi connectivity index (χ2v) is 6.74. The Kier molecular flexibility index (Phi) is 2.07. The lowest BCUT2D eigenvalue weighted by atomic mass is 9.94. The van der Waals surface area contributed by atoms with Gasteiger partial charge in [0.25, 0.3) is 0 Å². The maximum atomic E-state index is 11.0. The molecule has 4 nitrogen and oxygen atoms in total. The van der Waals surface area contributed by atoms with Gasteiger partial charge in [-0.3, -0.25) is 0 Å². The van der Waals surface area contributed by atoms with Gasteiger partial charge in [0.05, 0.1) is 0 Å². The van der Waals surface area contributed by atoms with E-state index in [2.05, 4.69) is 35.3 Å². The molecule has 1 saturated heterocycles. The highest BCUT2D eigenvalue weighted by Gasteiger charge is 2.64. The molecule has 0 amide bonds. The van der Waals surface area contributed by atoms with Crippen molar-refractivity contribution in [1.29, 1.82) is 0 Å². The van der Waals surface area contributed by atoms with Gasteiger partial charge >= 0.3 is 0 Å². The lowest BCUT2D eigenvalue weighted by molar-refractivity contribution is -0.124. The monoisotopic (exact) mass is 294 g/mol. The quantitative estimate of drug-likeness (QED) is 0.784. The van der Waals surface area contributed by atoms with Crippen LogP contribution in [0.5, 0.6) is 0 Å². The molecular formula is C18H18N2O2. The molecule has 3 aliphatic heterocycles. The van der Waals surface area contributed by atoms with Crippen molar-refractivity contribution in [3.63, 3.8) is 0 Å². The molecule has 0 aliphatic carbocycles. The first-order valence-electron chi connectivity index (χ1n) is 7.67. The Labute approximate surface area is 129 Å². The molecule has 3 heterocycles. The van der Waals surface area contributed by atoms with Crippen molar-refractivity contribution in [1.82, 2.24) is 0 Å². The lowest BCUT2D eigenvalue weighted by Crippen LogP contribution is -2.45. The zero-order valence-electron chi connectivity index (χ0n) is 12.6. The van der Waals surface area contributed by atoms with Gasteiger partial charge in [-0.1, -0.05) is 36.4 Å². The minimum atomic E-state index is -1.01. The maximum Gasteiger partial charge on any atom is 0.166 e. The van der Waals surface area contributed by atoms with E-state index in [0.717, 1.165) is 22.5 Å². The molecule has 0 aromatic heterocycles. The highest BCUT2D eigenvalue weighted by molar-refractivity contribution is 5.71. The fourth-order valence-corrected chi connectivity index (χ4v) is 4.27. The van der Waals surface area contributed by atoms with E-state index in [4.69, 9.17) is 4.74 Å². The van der Waals surface area contributed by atoms with Crippen LogP contribution in [0.1, 0.15) is 25.0 Å². The standard InChI is InChI=1S/C18H18N2O2/c1-17(21)12-8-4-6-10-14(12)20-15-18(2,22-16(17)20)11-7-3-5-9-13(11)19-15/h3-10,15-16,19,21H,1-2H3/t15-,16-,17+,18-/m1/s1. The molecular weight excluding hydrogens is 276 g/mol. The van der Waals surface area contributed by atoms with Crippen LogP contribution in [-0.4, -0.2) is 17.5 Å². The third kappa shape index (κ3) is 1.22. The summed E-state index contributed by atoms with van der Waals surface area (Å²) in [6, 6.07) is 16.3. The summed E-state index contributed by atoms with van der Waals surface area (Å²) in [6.45, 7) is 3.94. The van der Waals surface area contributed by atoms with Crippen LogP contribution in [0, 0.1) is 0 Å². The van der Waals surface area contributed by atoms with E-state index in [1.54, 1.807) is 0 Å². The Morgan fingerprint density at radius 3 is 2.55 bits per heavy atom. The van der Waals surface area contributed by atoms with E-state index >= 15 is 0 Å². The topological polar surface area (TPSA) is 44.7 Å². The summed E-state index contributed by atoms with van der Waals surface area (Å²) < 4.78 is 6.43. The average molecular weight is 294 g/mol.